The lowest BCUT2D eigenvalue weighted by Gasteiger charge is -2.19. The Bertz CT molecular complexity index is 998. The molecule has 3 rings (SSSR count). The average molecular weight is 358 g/mol. The Labute approximate surface area is 148 Å². The van der Waals surface area contributed by atoms with Crippen LogP contribution in [0.15, 0.2) is 41.5 Å². The van der Waals surface area contributed by atoms with E-state index < -0.39 is 11.6 Å². The predicted molar refractivity (Wildman–Crippen MR) is 96.8 cm³/mol. The molecule has 1 aromatic carbocycles. The molecule has 0 fully saturated rings. The number of ether oxygens (including phenoxy) is 1. The number of carbonyl (C=O) groups is 1. The van der Waals surface area contributed by atoms with Crippen molar-refractivity contribution in [2.24, 2.45) is 0 Å². The third-order valence-corrected chi connectivity index (χ3v) is 4.48. The van der Waals surface area contributed by atoms with E-state index >= 15 is 0 Å². The Morgan fingerprint density at radius 2 is 2.04 bits per heavy atom. The first-order valence-corrected chi connectivity index (χ1v) is 8.55. The minimum Gasteiger partial charge on any atom is -0.507 e. The quantitative estimate of drug-likeness (QED) is 0.727. The summed E-state index contributed by atoms with van der Waals surface area (Å²) in [6.07, 6.45) is 1.35. The molecule has 0 aliphatic heterocycles. The number of aromatic hydroxyl groups is 1. The maximum atomic E-state index is 12.6. The number of nitrogens with zero attached hydrogens (tertiary/aromatic N) is 2. The fourth-order valence-corrected chi connectivity index (χ4v) is 3.42. The van der Waals surface area contributed by atoms with Crippen molar-refractivity contribution in [3.63, 3.8) is 0 Å². The summed E-state index contributed by atoms with van der Waals surface area (Å²) in [4.78, 5) is 30.1. The minimum absolute atomic E-state index is 0.142. The van der Waals surface area contributed by atoms with Crippen molar-refractivity contribution < 1.29 is 14.6 Å². The Morgan fingerprint density at radius 1 is 1.32 bits per heavy atom. The molecular weight excluding hydrogens is 340 g/mol. The fraction of sp³-hybridized carbons (Fsp3) is 0.278. The zero-order valence-corrected chi connectivity index (χ0v) is 15.0. The van der Waals surface area contributed by atoms with Crippen LogP contribution in [0.2, 0.25) is 0 Å². The standard InChI is InChI=1S/C18H18N2O4S/c1-18(2,3)24-15(22)9-20-10-19-16-12(17(20)23)8-14(25-16)11-6-4-5-7-13(11)21/h4-8,10,21H,9H2,1-3H3. The van der Waals surface area contributed by atoms with Crippen LogP contribution in [0.5, 0.6) is 5.75 Å². The van der Waals surface area contributed by atoms with E-state index in [9.17, 15) is 14.7 Å². The molecule has 0 amide bonds. The lowest BCUT2D eigenvalue weighted by Crippen LogP contribution is -2.30. The third kappa shape index (κ3) is 3.71. The number of para-hydroxylation sites is 1. The molecular formula is C18H18N2O4S. The van der Waals surface area contributed by atoms with Crippen LogP contribution in [0.1, 0.15) is 20.8 Å². The van der Waals surface area contributed by atoms with Crippen LogP contribution in [0, 0.1) is 0 Å². The summed E-state index contributed by atoms with van der Waals surface area (Å²) in [5.41, 5.74) is -0.282. The van der Waals surface area contributed by atoms with Gasteiger partial charge in [-0.3, -0.25) is 14.2 Å². The average Bonchev–Trinajstić information content (AvgIpc) is 2.93. The Kier molecular flexibility index (Phi) is 4.34. The van der Waals surface area contributed by atoms with E-state index in [4.69, 9.17) is 4.74 Å². The maximum Gasteiger partial charge on any atom is 0.326 e. The third-order valence-electron chi connectivity index (χ3n) is 3.41. The summed E-state index contributed by atoms with van der Waals surface area (Å²) in [5, 5.41) is 10.4. The van der Waals surface area contributed by atoms with Gasteiger partial charge in [0.25, 0.3) is 5.56 Å². The highest BCUT2D eigenvalue weighted by atomic mass is 32.1. The normalized spacial score (nSPS) is 11.6. The summed E-state index contributed by atoms with van der Waals surface area (Å²) < 4.78 is 6.48. The Balaban J connectivity index is 1.97. The molecule has 7 heteroatoms. The zero-order chi connectivity index (χ0) is 18.2. The first-order valence-electron chi connectivity index (χ1n) is 7.74. The van der Waals surface area contributed by atoms with Crippen molar-refractivity contribution in [3.05, 3.63) is 47.0 Å². The van der Waals surface area contributed by atoms with Gasteiger partial charge in [0, 0.05) is 10.4 Å². The predicted octanol–water partition coefficient (Wildman–Crippen LogP) is 3.17. The van der Waals surface area contributed by atoms with Gasteiger partial charge in [-0.2, -0.15) is 0 Å². The molecule has 0 unspecified atom stereocenters. The lowest BCUT2D eigenvalue weighted by atomic mass is 10.1. The number of rotatable bonds is 3. The second-order valence-electron chi connectivity index (χ2n) is 6.61. The van der Waals surface area contributed by atoms with E-state index in [1.54, 1.807) is 45.0 Å². The highest BCUT2D eigenvalue weighted by Crippen LogP contribution is 2.35. The molecule has 6 nitrogen and oxygen atoms in total. The number of carbonyl (C=O) groups excluding carboxylic acids is 1. The zero-order valence-electron chi connectivity index (χ0n) is 14.1. The second-order valence-corrected chi connectivity index (χ2v) is 7.64. The van der Waals surface area contributed by atoms with Crippen molar-refractivity contribution >= 4 is 27.5 Å². The molecule has 0 bridgehead atoms. The molecule has 0 radical (unpaired) electrons. The topological polar surface area (TPSA) is 81.4 Å². The molecule has 0 saturated carbocycles. The van der Waals surface area contributed by atoms with Gasteiger partial charge in [-0.15, -0.1) is 11.3 Å². The Hall–Kier alpha value is -2.67. The van der Waals surface area contributed by atoms with Gasteiger partial charge in [-0.25, -0.2) is 4.98 Å². The molecule has 0 spiro atoms. The van der Waals surface area contributed by atoms with Gasteiger partial charge < -0.3 is 9.84 Å². The van der Waals surface area contributed by atoms with Crippen LogP contribution < -0.4 is 5.56 Å². The number of benzene rings is 1. The van der Waals surface area contributed by atoms with E-state index in [1.807, 2.05) is 6.07 Å². The molecule has 0 aliphatic carbocycles. The van der Waals surface area contributed by atoms with Crippen molar-refractivity contribution in [1.29, 1.82) is 0 Å². The van der Waals surface area contributed by atoms with Crippen LogP contribution in [0.25, 0.3) is 20.7 Å². The molecule has 25 heavy (non-hydrogen) atoms. The molecule has 0 aliphatic rings. The largest absolute Gasteiger partial charge is 0.507 e. The molecule has 2 aromatic heterocycles. The van der Waals surface area contributed by atoms with Crippen LogP contribution in [0.3, 0.4) is 0 Å². The van der Waals surface area contributed by atoms with E-state index in [0.717, 1.165) is 4.88 Å². The van der Waals surface area contributed by atoms with Crippen LogP contribution in [0.4, 0.5) is 0 Å². The maximum absolute atomic E-state index is 12.6. The molecule has 3 aromatic rings. The Morgan fingerprint density at radius 3 is 2.72 bits per heavy atom. The van der Waals surface area contributed by atoms with Gasteiger partial charge >= 0.3 is 5.97 Å². The first kappa shape index (κ1) is 17.2. The molecule has 0 saturated heterocycles. The first-order chi connectivity index (χ1) is 11.7. The number of thiophene rings is 1. The van der Waals surface area contributed by atoms with Crippen molar-refractivity contribution in [1.82, 2.24) is 9.55 Å². The van der Waals surface area contributed by atoms with E-state index in [0.29, 0.717) is 15.8 Å². The van der Waals surface area contributed by atoms with E-state index in [-0.39, 0.29) is 17.9 Å². The lowest BCUT2D eigenvalue weighted by molar-refractivity contribution is -0.155. The number of esters is 1. The van der Waals surface area contributed by atoms with Crippen LogP contribution in [-0.2, 0) is 16.1 Å². The van der Waals surface area contributed by atoms with Gasteiger partial charge in [0.2, 0.25) is 0 Å². The smallest absolute Gasteiger partial charge is 0.326 e. The number of hydrogen-bond acceptors (Lipinski definition) is 6. The van der Waals surface area contributed by atoms with E-state index in [2.05, 4.69) is 4.98 Å². The van der Waals surface area contributed by atoms with Crippen molar-refractivity contribution in [2.45, 2.75) is 32.9 Å². The second kappa shape index (κ2) is 6.33. The van der Waals surface area contributed by atoms with Crippen molar-refractivity contribution in [3.8, 4) is 16.2 Å². The van der Waals surface area contributed by atoms with Crippen LogP contribution >= 0.6 is 11.3 Å². The summed E-state index contributed by atoms with van der Waals surface area (Å²) in [6, 6.07) is 8.61. The number of hydrogen-bond donors (Lipinski definition) is 1. The number of aromatic nitrogens is 2. The number of phenols is 1. The summed E-state index contributed by atoms with van der Waals surface area (Å²) in [5.74, 6) is -0.352. The minimum atomic E-state index is -0.612. The SMILES string of the molecule is CC(C)(C)OC(=O)Cn1cnc2sc(-c3ccccc3O)cc2c1=O. The highest BCUT2D eigenvalue weighted by Gasteiger charge is 2.18. The summed E-state index contributed by atoms with van der Waals surface area (Å²) in [6.45, 7) is 5.12. The number of fused-ring (bicyclic) bond motifs is 1. The highest BCUT2D eigenvalue weighted by molar-refractivity contribution is 7.21. The monoisotopic (exact) mass is 358 g/mol. The van der Waals surface area contributed by atoms with Gasteiger partial charge in [0.05, 0.1) is 11.7 Å². The van der Waals surface area contributed by atoms with Gasteiger partial charge in [-0.1, -0.05) is 12.1 Å². The molecule has 2 heterocycles. The van der Waals surface area contributed by atoms with Crippen LogP contribution in [-0.4, -0.2) is 26.2 Å². The van der Waals surface area contributed by atoms with Crippen molar-refractivity contribution in [2.75, 3.05) is 0 Å². The molecule has 0 atom stereocenters. The number of phenolic OH excluding ortho intramolecular Hbond substituents is 1. The van der Waals surface area contributed by atoms with Gasteiger partial charge in [0.15, 0.2) is 0 Å². The fourth-order valence-electron chi connectivity index (χ4n) is 2.40. The van der Waals surface area contributed by atoms with E-state index in [1.165, 1.54) is 22.2 Å². The molecule has 1 N–H and O–H groups in total. The summed E-state index contributed by atoms with van der Waals surface area (Å²) in [7, 11) is 0. The molecule has 130 valence electrons. The van der Waals surface area contributed by atoms with Gasteiger partial charge in [-0.05, 0) is 39.0 Å². The summed E-state index contributed by atoms with van der Waals surface area (Å²) >= 11 is 1.32. The van der Waals surface area contributed by atoms with Gasteiger partial charge in [0.1, 0.15) is 22.7 Å².